The van der Waals surface area contributed by atoms with Crippen LogP contribution in [0.3, 0.4) is 0 Å². The predicted octanol–water partition coefficient (Wildman–Crippen LogP) is 4.72. The largest absolute Gasteiger partial charge is 0.457 e. The quantitative estimate of drug-likeness (QED) is 0.103. The van der Waals surface area contributed by atoms with Gasteiger partial charge in [0.05, 0.1) is 22.4 Å². The van der Waals surface area contributed by atoms with Gasteiger partial charge in [-0.3, -0.25) is 24.7 Å². The van der Waals surface area contributed by atoms with Crippen molar-refractivity contribution in [1.29, 1.82) is 5.41 Å². The van der Waals surface area contributed by atoms with Crippen molar-refractivity contribution in [3.8, 4) is 11.5 Å². The minimum Gasteiger partial charge on any atom is -0.457 e. The van der Waals surface area contributed by atoms with Crippen LogP contribution < -0.4 is 26.0 Å². The molecule has 15 heteroatoms. The molecule has 5 aliphatic heterocycles. The van der Waals surface area contributed by atoms with Gasteiger partial charge in [0, 0.05) is 75.1 Å². The molecule has 3 aromatic carbocycles. The summed E-state index contributed by atoms with van der Waals surface area (Å²) < 4.78 is 5.94. The van der Waals surface area contributed by atoms with Crippen LogP contribution in [0.2, 0.25) is 0 Å². The first-order chi connectivity index (χ1) is 30.1. The van der Waals surface area contributed by atoms with Gasteiger partial charge in [-0.25, -0.2) is 9.97 Å². The Labute approximate surface area is 361 Å². The fraction of sp³-hybridized carbons (Fsp3) is 0.447. The third kappa shape index (κ3) is 7.77. The fourth-order valence-electron chi connectivity index (χ4n) is 10.8. The Balaban J connectivity index is 0.657. The number of rotatable bonds is 11. The molecule has 4 saturated heterocycles. The molecular formula is C47H54N10O5. The summed E-state index contributed by atoms with van der Waals surface area (Å²) in [6, 6.07) is 22.5. The maximum atomic E-state index is 13.3. The summed E-state index contributed by atoms with van der Waals surface area (Å²) in [6.45, 7) is 7.32. The highest BCUT2D eigenvalue weighted by Crippen LogP contribution is 2.46. The van der Waals surface area contributed by atoms with Crippen LogP contribution >= 0.6 is 0 Å². The number of likely N-dealkylation sites (tertiary alicyclic amines) is 2. The summed E-state index contributed by atoms with van der Waals surface area (Å²) in [7, 11) is 0. The number of imide groups is 1. The molecule has 1 aliphatic carbocycles. The summed E-state index contributed by atoms with van der Waals surface area (Å²) in [4.78, 5) is 56.4. The molecule has 10 rings (SSSR count). The number of hydrogen-bond donors (Lipinski definition) is 5. The Morgan fingerprint density at radius 2 is 1.58 bits per heavy atom. The first kappa shape index (κ1) is 40.2. The number of carbonyl (C=O) groups is 3. The normalized spacial score (nSPS) is 23.5. The molecular weight excluding hydrogens is 785 g/mol. The Morgan fingerprint density at radius 3 is 2.31 bits per heavy atom. The van der Waals surface area contributed by atoms with Crippen molar-refractivity contribution in [2.24, 2.45) is 11.3 Å². The van der Waals surface area contributed by atoms with Crippen LogP contribution in [0.4, 0.5) is 17.3 Å². The van der Waals surface area contributed by atoms with Crippen LogP contribution in [0.25, 0.3) is 0 Å². The van der Waals surface area contributed by atoms with Crippen LogP contribution in [-0.2, 0) is 4.79 Å². The molecule has 62 heavy (non-hydrogen) atoms. The number of amides is 3. The van der Waals surface area contributed by atoms with Crippen LogP contribution in [0.5, 0.6) is 11.5 Å². The minimum atomic E-state index is -0.946. The number of anilines is 3. The second kappa shape index (κ2) is 16.4. The number of para-hydroxylation sites is 1. The summed E-state index contributed by atoms with van der Waals surface area (Å²) in [5.74, 6) is 1.52. The number of nitrogens with two attached hydrogens (primary N) is 1. The van der Waals surface area contributed by atoms with Crippen molar-refractivity contribution in [3.05, 3.63) is 101 Å². The van der Waals surface area contributed by atoms with Crippen molar-refractivity contribution in [1.82, 2.24) is 30.0 Å². The van der Waals surface area contributed by atoms with E-state index in [1.54, 1.807) is 12.1 Å². The summed E-state index contributed by atoms with van der Waals surface area (Å²) >= 11 is 0. The molecule has 1 saturated carbocycles. The van der Waals surface area contributed by atoms with E-state index in [2.05, 4.69) is 35.3 Å². The minimum absolute atomic E-state index is 0.235. The van der Waals surface area contributed by atoms with E-state index in [0.717, 1.165) is 61.9 Å². The highest BCUT2D eigenvalue weighted by Gasteiger charge is 2.48. The van der Waals surface area contributed by atoms with Crippen molar-refractivity contribution in [3.63, 3.8) is 0 Å². The second-order valence-electron chi connectivity index (χ2n) is 18.3. The molecule has 6 heterocycles. The third-order valence-corrected chi connectivity index (χ3v) is 14.1. The Morgan fingerprint density at radius 1 is 0.871 bits per heavy atom. The van der Waals surface area contributed by atoms with Gasteiger partial charge in [0.2, 0.25) is 5.91 Å². The van der Waals surface area contributed by atoms with E-state index in [9.17, 15) is 19.5 Å². The Bertz CT molecular complexity index is 2350. The number of aromatic nitrogens is 2. The summed E-state index contributed by atoms with van der Waals surface area (Å²) in [5.41, 5.74) is 9.93. The zero-order valence-corrected chi connectivity index (χ0v) is 34.8. The second-order valence-corrected chi connectivity index (χ2v) is 18.3. The third-order valence-electron chi connectivity index (χ3n) is 14.1. The van der Waals surface area contributed by atoms with Gasteiger partial charge >= 0.3 is 0 Å². The summed E-state index contributed by atoms with van der Waals surface area (Å²) in [6.07, 6.45) is 8.10. The average molecular weight is 839 g/mol. The van der Waals surface area contributed by atoms with Crippen LogP contribution in [0, 0.1) is 16.7 Å². The smallest absolute Gasteiger partial charge is 0.262 e. The number of aliphatic hydroxyl groups excluding tert-OH is 1. The van der Waals surface area contributed by atoms with Crippen LogP contribution in [-0.4, -0.2) is 123 Å². The number of aliphatic hydroxyl groups is 1. The van der Waals surface area contributed by atoms with E-state index in [1.165, 1.54) is 45.1 Å². The maximum Gasteiger partial charge on any atom is 0.262 e. The van der Waals surface area contributed by atoms with Crippen molar-refractivity contribution in [2.75, 3.05) is 61.8 Å². The Kier molecular flexibility index (Phi) is 10.6. The van der Waals surface area contributed by atoms with Crippen LogP contribution in [0.15, 0.2) is 79.1 Å². The number of nitrogen functional groups attached to an aromatic ring is 1. The van der Waals surface area contributed by atoms with Gasteiger partial charge in [-0.1, -0.05) is 18.2 Å². The van der Waals surface area contributed by atoms with E-state index in [-0.39, 0.29) is 24.0 Å². The number of benzene rings is 3. The van der Waals surface area contributed by atoms with Crippen molar-refractivity contribution < 1.29 is 24.2 Å². The first-order valence-electron chi connectivity index (χ1n) is 22.1. The molecule has 2 atom stereocenters. The molecule has 15 nitrogen and oxygen atoms in total. The Hall–Kier alpha value is -5.90. The maximum absolute atomic E-state index is 13.3. The lowest BCUT2D eigenvalue weighted by molar-refractivity contribution is -0.131. The van der Waals surface area contributed by atoms with E-state index in [4.69, 9.17) is 15.9 Å². The van der Waals surface area contributed by atoms with Gasteiger partial charge in [0.15, 0.2) is 0 Å². The molecule has 3 amide bonds. The molecule has 1 spiro atoms. The van der Waals surface area contributed by atoms with E-state index < -0.39 is 30.0 Å². The number of piperidine rings is 2. The van der Waals surface area contributed by atoms with Crippen LogP contribution in [0.1, 0.15) is 83.2 Å². The van der Waals surface area contributed by atoms with E-state index in [0.29, 0.717) is 57.6 Å². The zero-order chi connectivity index (χ0) is 42.5. The lowest BCUT2D eigenvalue weighted by atomic mass is 9.67. The average Bonchev–Trinajstić information content (AvgIpc) is 3.50. The number of hydrogen-bond acceptors (Lipinski definition) is 13. The molecule has 0 bridgehead atoms. The number of nitrogens with zero attached hydrogens (tertiary/aromatic N) is 6. The molecule has 6 aliphatic rings. The highest BCUT2D eigenvalue weighted by atomic mass is 16.5. The lowest BCUT2D eigenvalue weighted by Gasteiger charge is -2.56. The molecule has 2 unspecified atom stereocenters. The number of ether oxygens (including phenoxy) is 1. The SMILES string of the molecule is N=C(c1ccc(Oc2ccccc2)cc1)c1c(N)ncnc1NC1CCN(C2CCC3(CC2)CN(CC2CN(c4ccc5c(c4)C(=O)N(C4CCC(O)NC4=O)C5=O)C2)C3)CC1. The number of carbonyl (C=O) groups excluding carboxylic acids is 3. The van der Waals surface area contributed by atoms with Gasteiger partial charge in [-0.05, 0) is 111 Å². The molecule has 322 valence electrons. The molecule has 4 aromatic rings. The standard InChI is InChI=1S/C47H54N10O5/c48-41(30-6-9-35(10-7-30)62-34-4-2-1-3-5-34)40-42(49)50-28-51-43(40)52-31-16-20-55(21-17-31)32-14-18-47(19-15-32)26-54(27-47)23-29-24-56(25-29)33-8-11-36-37(22-33)46(61)57(45(36)60)38-12-13-39(58)53-44(38)59/h1-11,22,28-29,31-32,38-39,48,58H,12-21,23-27H2,(H,53,59)(H3,49,50,51,52). The molecule has 5 fully saturated rings. The van der Waals surface area contributed by atoms with E-state index in [1.807, 2.05) is 60.7 Å². The van der Waals surface area contributed by atoms with Crippen molar-refractivity contribution >= 4 is 40.8 Å². The summed E-state index contributed by atoms with van der Waals surface area (Å²) in [5, 5.41) is 24.9. The fourth-order valence-corrected chi connectivity index (χ4v) is 10.8. The van der Waals surface area contributed by atoms with Crippen molar-refractivity contribution in [2.45, 2.75) is 75.7 Å². The van der Waals surface area contributed by atoms with Gasteiger partial charge in [-0.15, -0.1) is 0 Å². The van der Waals surface area contributed by atoms with Gasteiger partial charge in [0.1, 0.15) is 41.7 Å². The monoisotopic (exact) mass is 838 g/mol. The van der Waals surface area contributed by atoms with Gasteiger partial charge in [-0.2, -0.15) is 0 Å². The molecule has 0 radical (unpaired) electrons. The van der Waals surface area contributed by atoms with Gasteiger partial charge < -0.3 is 40.9 Å². The zero-order valence-electron chi connectivity index (χ0n) is 34.8. The topological polar surface area (TPSA) is 193 Å². The van der Waals surface area contributed by atoms with Gasteiger partial charge in [0.25, 0.3) is 11.8 Å². The highest BCUT2D eigenvalue weighted by molar-refractivity contribution is 6.23. The first-order valence-corrected chi connectivity index (χ1v) is 22.1. The predicted molar refractivity (Wildman–Crippen MR) is 234 cm³/mol. The lowest BCUT2D eigenvalue weighted by Crippen LogP contribution is -2.62. The van der Waals surface area contributed by atoms with E-state index >= 15 is 0 Å². The number of fused-ring (bicyclic) bond motifs is 1. The number of nitrogens with one attached hydrogen (secondary N) is 3. The molecule has 1 aromatic heterocycles. The molecule has 6 N–H and O–H groups in total.